The second-order valence-corrected chi connectivity index (χ2v) is 7.57. The van der Waals surface area contributed by atoms with Crippen LogP contribution in [0.25, 0.3) is 0 Å². The summed E-state index contributed by atoms with van der Waals surface area (Å²) in [5, 5.41) is 2.80. The third kappa shape index (κ3) is 4.22. The second kappa shape index (κ2) is 7.73. The molecule has 0 unspecified atom stereocenters. The molecular formula is C17H20N3O4S+. The Hall–Kier alpha value is -2.29. The highest BCUT2D eigenvalue weighted by Gasteiger charge is 2.26. The molecule has 3 rings (SSSR count). The minimum atomic E-state index is -3.54. The smallest absolute Gasteiger partial charge is 0.251 e. The Kier molecular flexibility index (Phi) is 5.42. The SMILES string of the molecule is O=C(NCc1ccc[nH+]c1)c1ccc(S(=O)(=O)N2CCOCC2)cc1. The van der Waals surface area contributed by atoms with Crippen LogP contribution in [0.5, 0.6) is 0 Å². The standard InChI is InChI=1S/C17H19N3O4S/c21-17(19-13-14-2-1-7-18-12-14)15-3-5-16(6-4-15)25(22,23)20-8-10-24-11-9-20/h1-7,12H,8-11,13H2,(H,19,21)/p+1. The summed E-state index contributed by atoms with van der Waals surface area (Å²) >= 11 is 0. The first-order valence-electron chi connectivity index (χ1n) is 7.98. The van der Waals surface area contributed by atoms with Crippen LogP contribution in [0.2, 0.25) is 0 Å². The van der Waals surface area contributed by atoms with Gasteiger partial charge >= 0.3 is 0 Å². The van der Waals surface area contributed by atoms with Gasteiger partial charge in [-0.3, -0.25) is 4.79 Å². The average molecular weight is 362 g/mol. The van der Waals surface area contributed by atoms with E-state index in [1.54, 1.807) is 12.4 Å². The maximum Gasteiger partial charge on any atom is 0.251 e. The number of carbonyl (C=O) groups is 1. The lowest BCUT2D eigenvalue weighted by molar-refractivity contribution is -0.378. The quantitative estimate of drug-likeness (QED) is 0.836. The van der Waals surface area contributed by atoms with Crippen LogP contribution >= 0.6 is 0 Å². The molecule has 1 aliphatic heterocycles. The number of sulfonamides is 1. The van der Waals surface area contributed by atoms with Gasteiger partial charge in [0, 0.05) is 36.8 Å². The van der Waals surface area contributed by atoms with Gasteiger partial charge < -0.3 is 10.1 Å². The van der Waals surface area contributed by atoms with Crippen LogP contribution in [0.4, 0.5) is 0 Å². The molecule has 1 aromatic heterocycles. The highest BCUT2D eigenvalue weighted by molar-refractivity contribution is 7.89. The van der Waals surface area contributed by atoms with Crippen molar-refractivity contribution in [1.82, 2.24) is 9.62 Å². The minimum Gasteiger partial charge on any atom is -0.379 e. The maximum absolute atomic E-state index is 12.5. The maximum atomic E-state index is 12.5. The molecule has 25 heavy (non-hydrogen) atoms. The average Bonchev–Trinajstić information content (AvgIpc) is 2.68. The zero-order chi connectivity index (χ0) is 17.7. The van der Waals surface area contributed by atoms with Gasteiger partial charge in [0.25, 0.3) is 5.91 Å². The molecule has 2 heterocycles. The van der Waals surface area contributed by atoms with Gasteiger partial charge in [0.2, 0.25) is 10.0 Å². The predicted octanol–water partition coefficient (Wildman–Crippen LogP) is 0.452. The van der Waals surface area contributed by atoms with Crippen LogP contribution in [0.1, 0.15) is 15.9 Å². The van der Waals surface area contributed by atoms with Crippen molar-refractivity contribution in [2.75, 3.05) is 26.3 Å². The van der Waals surface area contributed by atoms with Crippen molar-refractivity contribution >= 4 is 15.9 Å². The van der Waals surface area contributed by atoms with E-state index in [-0.39, 0.29) is 10.8 Å². The van der Waals surface area contributed by atoms with E-state index in [0.29, 0.717) is 38.4 Å². The summed E-state index contributed by atoms with van der Waals surface area (Å²) in [7, 11) is -3.54. The number of aromatic nitrogens is 1. The number of hydrogen-bond acceptors (Lipinski definition) is 4. The number of pyridine rings is 1. The third-order valence-electron chi connectivity index (χ3n) is 3.95. The monoisotopic (exact) mass is 362 g/mol. The van der Waals surface area contributed by atoms with Gasteiger partial charge in [0.1, 0.15) is 0 Å². The van der Waals surface area contributed by atoms with Gasteiger partial charge in [-0.1, -0.05) is 0 Å². The molecule has 0 aliphatic carbocycles. The molecule has 0 saturated carbocycles. The van der Waals surface area contributed by atoms with Gasteiger partial charge in [-0.15, -0.1) is 0 Å². The second-order valence-electron chi connectivity index (χ2n) is 5.64. The van der Waals surface area contributed by atoms with Crippen molar-refractivity contribution in [1.29, 1.82) is 0 Å². The number of hydrogen-bond donors (Lipinski definition) is 1. The largest absolute Gasteiger partial charge is 0.379 e. The zero-order valence-electron chi connectivity index (χ0n) is 13.6. The molecule has 1 fully saturated rings. The van der Waals surface area contributed by atoms with E-state index in [4.69, 9.17) is 4.74 Å². The van der Waals surface area contributed by atoms with Crippen LogP contribution in [0.15, 0.2) is 53.7 Å². The Morgan fingerprint density at radius 2 is 1.88 bits per heavy atom. The molecule has 1 saturated heterocycles. The van der Waals surface area contributed by atoms with Crippen LogP contribution < -0.4 is 10.3 Å². The lowest BCUT2D eigenvalue weighted by atomic mass is 10.2. The van der Waals surface area contributed by atoms with Crippen molar-refractivity contribution in [2.24, 2.45) is 0 Å². The molecule has 2 aromatic rings. The molecule has 1 aromatic carbocycles. The van der Waals surface area contributed by atoms with E-state index >= 15 is 0 Å². The fourth-order valence-corrected chi connectivity index (χ4v) is 3.95. The highest BCUT2D eigenvalue weighted by Crippen LogP contribution is 2.17. The number of morpholine rings is 1. The fourth-order valence-electron chi connectivity index (χ4n) is 2.54. The Morgan fingerprint density at radius 1 is 1.16 bits per heavy atom. The summed E-state index contributed by atoms with van der Waals surface area (Å²) < 4.78 is 31.7. The number of benzene rings is 1. The summed E-state index contributed by atoms with van der Waals surface area (Å²) in [6, 6.07) is 9.74. The van der Waals surface area contributed by atoms with Crippen LogP contribution in [-0.4, -0.2) is 44.9 Å². The Morgan fingerprint density at radius 3 is 2.52 bits per heavy atom. The number of carbonyl (C=O) groups excluding carboxylic acids is 1. The molecule has 8 heteroatoms. The Bertz CT molecular complexity index is 817. The van der Waals surface area contributed by atoms with Gasteiger partial charge in [-0.2, -0.15) is 4.31 Å². The van der Waals surface area contributed by atoms with Crippen molar-refractivity contribution in [3.05, 3.63) is 59.9 Å². The van der Waals surface area contributed by atoms with Crippen molar-refractivity contribution in [2.45, 2.75) is 11.4 Å². The summed E-state index contributed by atoms with van der Waals surface area (Å²) in [5.74, 6) is -0.251. The summed E-state index contributed by atoms with van der Waals surface area (Å²) in [6.07, 6.45) is 3.59. The van der Waals surface area contributed by atoms with Crippen molar-refractivity contribution in [3.8, 4) is 0 Å². The highest BCUT2D eigenvalue weighted by atomic mass is 32.2. The number of rotatable bonds is 5. The first-order valence-corrected chi connectivity index (χ1v) is 9.42. The lowest BCUT2D eigenvalue weighted by Crippen LogP contribution is -2.40. The first-order chi connectivity index (χ1) is 12.1. The molecule has 0 bridgehead atoms. The van der Waals surface area contributed by atoms with E-state index in [2.05, 4.69) is 10.3 Å². The first kappa shape index (κ1) is 17.5. The van der Waals surface area contributed by atoms with Gasteiger partial charge in [0.05, 0.1) is 18.1 Å². The number of aromatic amines is 1. The third-order valence-corrected chi connectivity index (χ3v) is 5.86. The van der Waals surface area contributed by atoms with E-state index in [1.165, 1.54) is 28.6 Å². The molecule has 7 nitrogen and oxygen atoms in total. The molecule has 0 spiro atoms. The number of amides is 1. The summed E-state index contributed by atoms with van der Waals surface area (Å²) in [4.78, 5) is 15.3. The number of ether oxygens (including phenoxy) is 1. The zero-order valence-corrected chi connectivity index (χ0v) is 14.5. The van der Waals surface area contributed by atoms with Crippen molar-refractivity contribution in [3.63, 3.8) is 0 Å². The summed E-state index contributed by atoms with van der Waals surface area (Å²) in [5.41, 5.74) is 1.36. The van der Waals surface area contributed by atoms with Crippen LogP contribution in [0, 0.1) is 0 Å². The molecule has 0 atom stereocenters. The molecule has 132 valence electrons. The topological polar surface area (TPSA) is 89.8 Å². The van der Waals surface area contributed by atoms with Crippen LogP contribution in [0.3, 0.4) is 0 Å². The summed E-state index contributed by atoms with van der Waals surface area (Å²) in [6.45, 7) is 1.88. The number of nitrogens with zero attached hydrogens (tertiary/aromatic N) is 1. The molecule has 1 aliphatic rings. The normalized spacial score (nSPS) is 15.7. The van der Waals surface area contributed by atoms with Gasteiger partial charge in [0.15, 0.2) is 12.4 Å². The molecule has 2 N–H and O–H groups in total. The molecule has 0 radical (unpaired) electrons. The molecular weight excluding hydrogens is 342 g/mol. The number of H-pyrrole nitrogens is 1. The Labute approximate surface area is 146 Å². The minimum absolute atomic E-state index is 0.184. The van der Waals surface area contributed by atoms with E-state index < -0.39 is 10.0 Å². The predicted molar refractivity (Wildman–Crippen MR) is 90.2 cm³/mol. The number of nitrogens with one attached hydrogen (secondary N) is 2. The van der Waals surface area contributed by atoms with Crippen molar-refractivity contribution < 1.29 is 22.9 Å². The van der Waals surface area contributed by atoms with E-state index in [0.717, 1.165) is 5.56 Å². The molecule has 1 amide bonds. The fraction of sp³-hybridized carbons (Fsp3) is 0.294. The van der Waals surface area contributed by atoms with Crippen LogP contribution in [-0.2, 0) is 21.3 Å². The lowest BCUT2D eigenvalue weighted by Gasteiger charge is -2.26. The van der Waals surface area contributed by atoms with E-state index in [1.807, 2.05) is 12.1 Å². The van der Waals surface area contributed by atoms with Gasteiger partial charge in [-0.05, 0) is 30.3 Å². The van der Waals surface area contributed by atoms with E-state index in [9.17, 15) is 13.2 Å². The van der Waals surface area contributed by atoms with Gasteiger partial charge in [-0.25, -0.2) is 13.4 Å². The Balaban J connectivity index is 1.66.